The lowest BCUT2D eigenvalue weighted by atomic mass is 9.80. The first-order valence-corrected chi connectivity index (χ1v) is 18.9. The number of halogens is 2. The van der Waals surface area contributed by atoms with Gasteiger partial charge >= 0.3 is 7.12 Å². The molecule has 16 heteroatoms. The van der Waals surface area contributed by atoms with E-state index < -0.39 is 30.6 Å². The second-order valence-electron chi connectivity index (χ2n) is 14.2. The molecule has 4 aromatic carbocycles. The Morgan fingerprint density at radius 1 is 0.864 bits per heavy atom. The summed E-state index contributed by atoms with van der Waals surface area (Å²) in [5.41, 5.74) is 11.8. The molecule has 0 radical (unpaired) electrons. The molecule has 0 aliphatic carbocycles. The third-order valence-corrected chi connectivity index (χ3v) is 9.90. The highest BCUT2D eigenvalue weighted by atomic mass is 19.1. The number of carbonyl (C=O) groups is 3. The van der Waals surface area contributed by atoms with Gasteiger partial charge in [0.05, 0.1) is 22.6 Å². The van der Waals surface area contributed by atoms with Crippen molar-refractivity contribution in [2.75, 3.05) is 18.8 Å². The number of aromatic nitrogens is 4. The van der Waals surface area contributed by atoms with E-state index >= 15 is 0 Å². The fourth-order valence-corrected chi connectivity index (χ4v) is 6.69. The van der Waals surface area contributed by atoms with E-state index in [4.69, 9.17) is 20.9 Å². The molecule has 1 saturated heterocycles. The number of fused-ring (bicyclic) bond motifs is 1. The predicted molar refractivity (Wildman–Crippen MR) is 221 cm³/mol. The summed E-state index contributed by atoms with van der Waals surface area (Å²) in [6.45, 7) is 8.78. The summed E-state index contributed by atoms with van der Waals surface area (Å²) >= 11 is 0. The first kappa shape index (κ1) is 41.8. The van der Waals surface area contributed by atoms with Gasteiger partial charge < -0.3 is 31.3 Å². The van der Waals surface area contributed by atoms with Crippen LogP contribution in [0.4, 0.5) is 14.6 Å². The number of rotatable bonds is 10. The smallest absolute Gasteiger partial charge is 0.423 e. The van der Waals surface area contributed by atoms with E-state index in [0.717, 1.165) is 40.7 Å². The van der Waals surface area contributed by atoms with Crippen molar-refractivity contribution in [3.63, 3.8) is 0 Å². The van der Waals surface area contributed by atoms with E-state index in [2.05, 4.69) is 27.2 Å². The van der Waals surface area contributed by atoms with Crippen molar-refractivity contribution in [2.24, 2.45) is 0 Å². The topological polar surface area (TPSA) is 189 Å². The highest BCUT2D eigenvalue weighted by molar-refractivity contribution is 6.58. The second-order valence-corrected chi connectivity index (χ2v) is 14.2. The Morgan fingerprint density at radius 3 is 1.95 bits per heavy atom. The normalized spacial score (nSPS) is 13.6. The summed E-state index contributed by atoms with van der Waals surface area (Å²) in [6.07, 6.45) is 4.43. The molecule has 6 aromatic rings. The van der Waals surface area contributed by atoms with E-state index in [-0.39, 0.29) is 36.2 Å². The van der Waals surface area contributed by atoms with Gasteiger partial charge in [-0.05, 0) is 84.7 Å². The van der Waals surface area contributed by atoms with Crippen molar-refractivity contribution in [1.29, 1.82) is 0 Å². The van der Waals surface area contributed by atoms with Gasteiger partial charge in [-0.2, -0.15) is 5.10 Å². The van der Waals surface area contributed by atoms with E-state index in [1.807, 2.05) is 28.9 Å². The molecule has 13 nitrogen and oxygen atoms in total. The Labute approximate surface area is 339 Å². The maximum Gasteiger partial charge on any atom is 0.488 e. The van der Waals surface area contributed by atoms with Gasteiger partial charge in [0.1, 0.15) is 29.5 Å². The number of benzene rings is 4. The van der Waals surface area contributed by atoms with Crippen molar-refractivity contribution in [1.82, 2.24) is 35.3 Å². The third kappa shape index (κ3) is 10.0. The summed E-state index contributed by atoms with van der Waals surface area (Å²) in [7, 11) is -1.52. The number of nitrogens with one attached hydrogen (secondary N) is 2. The molecule has 1 atom stereocenters. The number of anilines is 1. The van der Waals surface area contributed by atoms with E-state index in [0.29, 0.717) is 41.1 Å². The highest BCUT2D eigenvalue weighted by Crippen LogP contribution is 2.34. The lowest BCUT2D eigenvalue weighted by Crippen LogP contribution is -2.40. The lowest BCUT2D eigenvalue weighted by Gasteiger charge is -2.32. The van der Waals surface area contributed by atoms with Gasteiger partial charge in [0, 0.05) is 31.7 Å². The summed E-state index contributed by atoms with van der Waals surface area (Å²) in [4.78, 5) is 47.0. The number of aryl methyl sites for hydroxylation is 2. The standard InChI is InChI=1S/C28H28FN7O2.C15H15BFNO3/c1-3-23(37)35-12-4-5-20(15-35)36-27-24(26(30)32-16-33-27)25(34-36)19-9-7-18(8-10-19)14-31-28(38)21-11-6-17(2)13-22(21)29;1-10-2-7-13(14(17)8-10)15(19)18-9-11-3-5-12(6-4-11)16(20)21/h3,6-11,13,16,20H,1,4-5,12,14-15H2,2H3,(H,31,38)(H2,30,32,33);2-8,20-21H,9H2,1H3,(H,18,19)/t20-;/m1./s1. The van der Waals surface area contributed by atoms with E-state index in [1.165, 1.54) is 36.7 Å². The molecular weight excluding hydrogens is 757 g/mol. The predicted octanol–water partition coefficient (Wildman–Crippen LogP) is 4.55. The molecule has 2 aromatic heterocycles. The minimum atomic E-state index is -1.52. The second kappa shape index (κ2) is 18.7. The highest BCUT2D eigenvalue weighted by Gasteiger charge is 2.28. The molecule has 0 bridgehead atoms. The Balaban J connectivity index is 0.000000236. The molecule has 1 fully saturated rings. The number of nitrogens with zero attached hydrogens (tertiary/aromatic N) is 5. The molecule has 1 aliphatic heterocycles. The molecule has 0 unspecified atom stereocenters. The van der Waals surface area contributed by atoms with Crippen LogP contribution in [-0.4, -0.2) is 72.6 Å². The van der Waals surface area contributed by atoms with Crippen LogP contribution in [0.25, 0.3) is 22.3 Å². The number of likely N-dealkylation sites (tertiary alicyclic amines) is 1. The van der Waals surface area contributed by atoms with Gasteiger partial charge in [0.2, 0.25) is 5.91 Å². The molecule has 0 saturated carbocycles. The Kier molecular flexibility index (Phi) is 13.2. The minimum Gasteiger partial charge on any atom is -0.423 e. The van der Waals surface area contributed by atoms with Crippen LogP contribution >= 0.6 is 0 Å². The summed E-state index contributed by atoms with van der Waals surface area (Å²) < 4.78 is 29.6. The zero-order valence-electron chi connectivity index (χ0n) is 32.5. The van der Waals surface area contributed by atoms with Crippen molar-refractivity contribution in [3.05, 3.63) is 149 Å². The number of piperidine rings is 1. The van der Waals surface area contributed by atoms with Crippen LogP contribution < -0.4 is 21.8 Å². The molecule has 3 amide bonds. The molecule has 7 rings (SSSR count). The first-order valence-electron chi connectivity index (χ1n) is 18.9. The van der Waals surface area contributed by atoms with Crippen LogP contribution in [0, 0.1) is 25.5 Å². The quantitative estimate of drug-likeness (QED) is 0.0979. The van der Waals surface area contributed by atoms with Crippen LogP contribution in [0.2, 0.25) is 0 Å². The molecule has 0 spiro atoms. The van der Waals surface area contributed by atoms with Crippen molar-refractivity contribution in [2.45, 2.75) is 45.8 Å². The van der Waals surface area contributed by atoms with Crippen molar-refractivity contribution in [3.8, 4) is 11.3 Å². The van der Waals surface area contributed by atoms with Gasteiger partial charge in [0.25, 0.3) is 11.8 Å². The fourth-order valence-electron chi connectivity index (χ4n) is 6.69. The number of nitrogens with two attached hydrogens (primary N) is 1. The van der Waals surface area contributed by atoms with Gasteiger partial charge in [-0.1, -0.05) is 67.2 Å². The Bertz CT molecular complexity index is 2500. The van der Waals surface area contributed by atoms with Gasteiger partial charge in [0.15, 0.2) is 5.65 Å². The summed E-state index contributed by atoms with van der Waals surface area (Å²) in [5, 5.41) is 28.9. The summed E-state index contributed by atoms with van der Waals surface area (Å²) in [5.74, 6) is -1.84. The molecule has 302 valence electrons. The van der Waals surface area contributed by atoms with Crippen LogP contribution in [0.15, 0.2) is 104 Å². The first-order chi connectivity index (χ1) is 28.3. The van der Waals surface area contributed by atoms with Crippen LogP contribution in [-0.2, 0) is 17.9 Å². The zero-order valence-corrected chi connectivity index (χ0v) is 32.5. The molecular formula is C43H43BF2N8O5. The van der Waals surface area contributed by atoms with Gasteiger partial charge in [-0.3, -0.25) is 14.4 Å². The van der Waals surface area contributed by atoms with Crippen LogP contribution in [0.5, 0.6) is 0 Å². The number of hydrogen-bond acceptors (Lipinski definition) is 9. The maximum atomic E-state index is 14.1. The largest absolute Gasteiger partial charge is 0.488 e. The fraction of sp³-hybridized carbons (Fsp3) is 0.209. The SMILES string of the molecule is C=CC(=O)N1CCC[C@@H](n2nc(-c3ccc(CNC(=O)c4ccc(C)cc4F)cc3)c3c(N)ncnc32)C1.Cc1ccc(C(=O)NCc2ccc(B(O)O)cc2)c(F)c1. The molecule has 3 heterocycles. The van der Waals surface area contributed by atoms with Crippen molar-refractivity contribution >= 4 is 47.2 Å². The van der Waals surface area contributed by atoms with Gasteiger partial charge in [-0.25, -0.2) is 23.4 Å². The monoisotopic (exact) mass is 800 g/mol. The van der Waals surface area contributed by atoms with E-state index in [9.17, 15) is 23.2 Å². The Hall–Kier alpha value is -6.78. The van der Waals surface area contributed by atoms with Crippen LogP contribution in [0.3, 0.4) is 0 Å². The average Bonchev–Trinajstić information content (AvgIpc) is 3.63. The van der Waals surface area contributed by atoms with Crippen molar-refractivity contribution < 1.29 is 33.2 Å². The lowest BCUT2D eigenvalue weighted by molar-refractivity contribution is -0.127. The number of hydrogen-bond donors (Lipinski definition) is 5. The Morgan fingerprint density at radius 2 is 1.42 bits per heavy atom. The molecule has 1 aliphatic rings. The third-order valence-electron chi connectivity index (χ3n) is 9.90. The summed E-state index contributed by atoms with van der Waals surface area (Å²) in [6, 6.07) is 22.9. The van der Waals surface area contributed by atoms with Gasteiger partial charge in [-0.15, -0.1) is 0 Å². The van der Waals surface area contributed by atoms with E-state index in [1.54, 1.807) is 55.1 Å². The number of carbonyl (C=O) groups excluding carboxylic acids is 3. The maximum absolute atomic E-state index is 14.1. The number of nitrogen functional groups attached to an aromatic ring is 1. The molecule has 59 heavy (non-hydrogen) atoms. The zero-order chi connectivity index (χ0) is 42.2. The average molecular weight is 801 g/mol. The number of amides is 3. The van der Waals surface area contributed by atoms with Crippen LogP contribution in [0.1, 0.15) is 61.9 Å². The molecule has 6 N–H and O–H groups in total. The minimum absolute atomic E-state index is 0.00278.